The summed E-state index contributed by atoms with van der Waals surface area (Å²) in [6.45, 7) is 5.83. The van der Waals surface area contributed by atoms with Crippen molar-refractivity contribution in [2.45, 2.75) is 20.8 Å². The monoisotopic (exact) mass is 348 g/mol. The van der Waals surface area contributed by atoms with Crippen LogP contribution in [0.5, 0.6) is 0 Å². The number of hydrogen-bond acceptors (Lipinski definition) is 4. The van der Waals surface area contributed by atoms with Crippen LogP contribution in [0.2, 0.25) is 0 Å². The van der Waals surface area contributed by atoms with Gasteiger partial charge in [0.15, 0.2) is 0 Å². The Bertz CT molecular complexity index is 1030. The van der Waals surface area contributed by atoms with Crippen molar-refractivity contribution in [1.82, 2.24) is 4.98 Å². The van der Waals surface area contributed by atoms with Crippen LogP contribution in [-0.4, -0.2) is 24.0 Å². The van der Waals surface area contributed by atoms with E-state index < -0.39 is 5.97 Å². The lowest BCUT2D eigenvalue weighted by Crippen LogP contribution is -2.16. The van der Waals surface area contributed by atoms with E-state index in [9.17, 15) is 9.59 Å². The van der Waals surface area contributed by atoms with Gasteiger partial charge in [-0.25, -0.2) is 4.79 Å². The first-order chi connectivity index (χ1) is 12.4. The highest BCUT2D eigenvalue weighted by molar-refractivity contribution is 6.14. The minimum atomic E-state index is -0.497. The number of rotatable bonds is 3. The maximum atomic E-state index is 13.0. The number of nitrogens with one attached hydrogen (secondary N) is 1. The number of esters is 1. The number of pyridine rings is 1. The fourth-order valence-corrected chi connectivity index (χ4v) is 3.07. The van der Waals surface area contributed by atoms with Crippen LogP contribution in [0.1, 0.15) is 37.5 Å². The number of nitrogens with zero attached hydrogens (tertiary/aromatic N) is 1. The smallest absolute Gasteiger partial charge is 0.339 e. The first-order valence-electron chi connectivity index (χ1n) is 8.28. The molecule has 0 spiro atoms. The zero-order valence-corrected chi connectivity index (χ0v) is 15.2. The molecule has 0 aliphatic rings. The Morgan fingerprint density at radius 3 is 2.46 bits per heavy atom. The Hall–Kier alpha value is -3.21. The second-order valence-corrected chi connectivity index (χ2v) is 6.28. The molecule has 0 aliphatic heterocycles. The van der Waals surface area contributed by atoms with Crippen LogP contribution in [0, 0.1) is 20.8 Å². The van der Waals surface area contributed by atoms with Gasteiger partial charge < -0.3 is 10.1 Å². The number of ether oxygens (including phenoxy) is 1. The van der Waals surface area contributed by atoms with Crippen molar-refractivity contribution in [3.63, 3.8) is 0 Å². The van der Waals surface area contributed by atoms with Gasteiger partial charge in [0, 0.05) is 11.1 Å². The second kappa shape index (κ2) is 6.96. The summed E-state index contributed by atoms with van der Waals surface area (Å²) in [7, 11) is 1.31. The Morgan fingerprint density at radius 1 is 1.00 bits per heavy atom. The van der Waals surface area contributed by atoms with Gasteiger partial charge in [0.2, 0.25) is 0 Å². The summed E-state index contributed by atoms with van der Waals surface area (Å²) in [5.41, 5.74) is 4.90. The number of methoxy groups -OCH3 is 1. The average Bonchev–Trinajstić information content (AvgIpc) is 2.61. The van der Waals surface area contributed by atoms with Crippen LogP contribution in [-0.2, 0) is 4.74 Å². The highest BCUT2D eigenvalue weighted by atomic mass is 16.5. The zero-order valence-electron chi connectivity index (χ0n) is 15.2. The van der Waals surface area contributed by atoms with Crippen LogP contribution in [0.4, 0.5) is 5.69 Å². The molecule has 0 radical (unpaired) electrons. The molecule has 0 bridgehead atoms. The fourth-order valence-electron chi connectivity index (χ4n) is 3.07. The van der Waals surface area contributed by atoms with Gasteiger partial charge in [-0.3, -0.25) is 9.78 Å². The molecule has 132 valence electrons. The molecule has 0 fully saturated rings. The summed E-state index contributed by atoms with van der Waals surface area (Å²) >= 11 is 0. The van der Waals surface area contributed by atoms with Crippen molar-refractivity contribution in [3.8, 4) is 0 Å². The minimum Gasteiger partial charge on any atom is -0.465 e. The zero-order chi connectivity index (χ0) is 18.8. The third-order valence-electron chi connectivity index (χ3n) is 4.20. The summed E-state index contributed by atoms with van der Waals surface area (Å²) in [6.07, 6.45) is 0. The first kappa shape index (κ1) is 17.6. The molecule has 1 N–H and O–H groups in total. The van der Waals surface area contributed by atoms with Crippen molar-refractivity contribution in [1.29, 1.82) is 0 Å². The molecule has 3 rings (SSSR count). The molecule has 1 heterocycles. The predicted octanol–water partition coefficient (Wildman–Crippen LogP) is 4.20. The van der Waals surface area contributed by atoms with E-state index in [1.807, 2.05) is 32.9 Å². The van der Waals surface area contributed by atoms with Crippen molar-refractivity contribution in [3.05, 3.63) is 70.4 Å². The summed E-state index contributed by atoms with van der Waals surface area (Å²) in [4.78, 5) is 29.5. The molecule has 2 aromatic carbocycles. The molecule has 5 nitrogen and oxygen atoms in total. The first-order valence-corrected chi connectivity index (χ1v) is 8.28. The Kier molecular flexibility index (Phi) is 4.71. The lowest BCUT2D eigenvalue weighted by Gasteiger charge is -2.13. The molecule has 0 atom stereocenters. The highest BCUT2D eigenvalue weighted by Crippen LogP contribution is 2.25. The van der Waals surface area contributed by atoms with E-state index in [-0.39, 0.29) is 5.91 Å². The molecule has 5 heteroatoms. The van der Waals surface area contributed by atoms with E-state index in [1.54, 1.807) is 30.3 Å². The number of hydrogen-bond donors (Lipinski definition) is 1. The van der Waals surface area contributed by atoms with E-state index in [1.165, 1.54) is 7.11 Å². The van der Waals surface area contributed by atoms with Crippen molar-refractivity contribution >= 4 is 28.5 Å². The minimum absolute atomic E-state index is 0.290. The molecule has 0 aliphatic carbocycles. The van der Waals surface area contributed by atoms with Gasteiger partial charge in [0.1, 0.15) is 0 Å². The summed E-state index contributed by atoms with van der Waals surface area (Å²) in [6, 6.07) is 12.5. The van der Waals surface area contributed by atoms with E-state index in [0.29, 0.717) is 16.8 Å². The van der Waals surface area contributed by atoms with Crippen LogP contribution in [0.25, 0.3) is 10.9 Å². The van der Waals surface area contributed by atoms with E-state index in [4.69, 9.17) is 4.74 Å². The summed E-state index contributed by atoms with van der Waals surface area (Å²) in [5.74, 6) is -0.787. The molecule has 26 heavy (non-hydrogen) atoms. The van der Waals surface area contributed by atoms with Crippen molar-refractivity contribution < 1.29 is 14.3 Å². The van der Waals surface area contributed by atoms with Gasteiger partial charge in [0.05, 0.1) is 29.4 Å². The average molecular weight is 348 g/mol. The van der Waals surface area contributed by atoms with Gasteiger partial charge in [0.25, 0.3) is 5.91 Å². The molecular formula is C21H20N2O3. The molecule has 0 unspecified atom stereocenters. The van der Waals surface area contributed by atoms with Crippen LogP contribution < -0.4 is 5.32 Å². The van der Waals surface area contributed by atoms with Gasteiger partial charge in [-0.1, -0.05) is 23.8 Å². The predicted molar refractivity (Wildman–Crippen MR) is 102 cm³/mol. The topological polar surface area (TPSA) is 68.3 Å². The lowest BCUT2D eigenvalue weighted by atomic mass is 10.0. The standard InChI is InChI=1S/C21H20N2O3/c1-12-9-13(2)19-16(10-12)17(11-14(3)22-19)20(24)23-18-8-6-5-7-15(18)21(25)26-4/h5-11H,1-4H3,(H,23,24). The number of fused-ring (bicyclic) bond motifs is 1. The van der Waals surface area contributed by atoms with Gasteiger partial charge >= 0.3 is 5.97 Å². The molecule has 1 aromatic heterocycles. The Morgan fingerprint density at radius 2 is 1.73 bits per heavy atom. The third-order valence-corrected chi connectivity index (χ3v) is 4.20. The van der Waals surface area contributed by atoms with E-state index in [2.05, 4.69) is 10.3 Å². The van der Waals surface area contributed by atoms with Crippen LogP contribution in [0.3, 0.4) is 0 Å². The number of anilines is 1. The third kappa shape index (κ3) is 3.28. The number of carbonyl (C=O) groups is 2. The highest BCUT2D eigenvalue weighted by Gasteiger charge is 2.17. The number of aromatic nitrogens is 1. The van der Waals surface area contributed by atoms with Crippen molar-refractivity contribution in [2.75, 3.05) is 12.4 Å². The second-order valence-electron chi connectivity index (χ2n) is 6.28. The summed E-state index contributed by atoms with van der Waals surface area (Å²) in [5, 5.41) is 3.63. The van der Waals surface area contributed by atoms with Gasteiger partial charge in [-0.05, 0) is 50.6 Å². The molecule has 0 saturated heterocycles. The van der Waals surface area contributed by atoms with Crippen LogP contribution in [0.15, 0.2) is 42.5 Å². The number of para-hydroxylation sites is 1. The summed E-state index contributed by atoms with van der Waals surface area (Å²) < 4.78 is 4.78. The number of aryl methyl sites for hydroxylation is 3. The largest absolute Gasteiger partial charge is 0.465 e. The normalized spacial score (nSPS) is 10.6. The van der Waals surface area contributed by atoms with Gasteiger partial charge in [-0.15, -0.1) is 0 Å². The molecular weight excluding hydrogens is 328 g/mol. The quantitative estimate of drug-likeness (QED) is 0.720. The fraction of sp³-hybridized carbons (Fsp3) is 0.190. The maximum Gasteiger partial charge on any atom is 0.339 e. The molecule has 1 amide bonds. The number of amides is 1. The Balaban J connectivity index is 2.08. The van der Waals surface area contributed by atoms with E-state index in [0.717, 1.165) is 27.7 Å². The van der Waals surface area contributed by atoms with Gasteiger partial charge in [-0.2, -0.15) is 0 Å². The molecule has 3 aromatic rings. The van der Waals surface area contributed by atoms with Crippen molar-refractivity contribution in [2.24, 2.45) is 0 Å². The van der Waals surface area contributed by atoms with Crippen LogP contribution >= 0.6 is 0 Å². The molecule has 0 saturated carbocycles. The number of benzene rings is 2. The lowest BCUT2D eigenvalue weighted by molar-refractivity contribution is 0.0602. The maximum absolute atomic E-state index is 13.0. The Labute approximate surface area is 152 Å². The van der Waals surface area contributed by atoms with E-state index >= 15 is 0 Å². The number of carbonyl (C=O) groups excluding carboxylic acids is 2. The SMILES string of the molecule is COC(=O)c1ccccc1NC(=O)c1cc(C)nc2c(C)cc(C)cc12.